The molecule has 0 bridgehead atoms. The number of piperidine rings is 1. The summed E-state index contributed by atoms with van der Waals surface area (Å²) < 4.78 is 0. The molecule has 0 aromatic carbocycles. The fourth-order valence-corrected chi connectivity index (χ4v) is 1.92. The summed E-state index contributed by atoms with van der Waals surface area (Å²) in [7, 11) is 0. The van der Waals surface area contributed by atoms with Crippen LogP contribution in [0.5, 0.6) is 0 Å². The van der Waals surface area contributed by atoms with Gasteiger partial charge in [-0.05, 0) is 37.6 Å². The summed E-state index contributed by atoms with van der Waals surface area (Å²) in [6.45, 7) is 10.6. The number of hydrogen-bond donors (Lipinski definition) is 1. The fourth-order valence-electron chi connectivity index (χ4n) is 1.92. The molecule has 1 heteroatoms. The molecule has 0 aliphatic carbocycles. The van der Waals surface area contributed by atoms with Gasteiger partial charge in [0.1, 0.15) is 0 Å². The van der Waals surface area contributed by atoms with Crippen LogP contribution in [0, 0.1) is 11.3 Å². The molecule has 1 aliphatic heterocycles. The predicted octanol–water partition coefficient (Wildman–Crippen LogP) is 2.42. The van der Waals surface area contributed by atoms with Gasteiger partial charge in [0.25, 0.3) is 0 Å². The van der Waals surface area contributed by atoms with Crippen molar-refractivity contribution in [1.29, 1.82) is 0 Å². The van der Waals surface area contributed by atoms with Gasteiger partial charge in [-0.3, -0.25) is 0 Å². The van der Waals surface area contributed by atoms with Crippen molar-refractivity contribution >= 4 is 0 Å². The van der Waals surface area contributed by atoms with Gasteiger partial charge in [-0.15, -0.1) is 0 Å². The van der Waals surface area contributed by atoms with Crippen molar-refractivity contribution in [3.05, 3.63) is 0 Å². The lowest BCUT2D eigenvalue weighted by Gasteiger charge is -2.37. The van der Waals surface area contributed by atoms with Crippen LogP contribution in [0.25, 0.3) is 0 Å². The fraction of sp³-hybridized carbons (Fsp3) is 1.00. The summed E-state index contributed by atoms with van der Waals surface area (Å²) in [6, 6.07) is 0.730. The van der Waals surface area contributed by atoms with Crippen LogP contribution in [-0.2, 0) is 0 Å². The first kappa shape index (κ1) is 9.05. The van der Waals surface area contributed by atoms with E-state index in [1.807, 2.05) is 0 Å². The molecule has 2 unspecified atom stereocenters. The summed E-state index contributed by atoms with van der Waals surface area (Å²) in [5.41, 5.74) is 0.510. The third-order valence-corrected chi connectivity index (χ3v) is 2.85. The Kier molecular flexibility index (Phi) is 2.58. The molecule has 0 saturated carbocycles. The summed E-state index contributed by atoms with van der Waals surface area (Å²) >= 11 is 0. The molecule has 0 aromatic rings. The van der Waals surface area contributed by atoms with E-state index >= 15 is 0 Å². The Hall–Kier alpha value is -0.0400. The Bertz CT molecular complexity index is 123. The molecule has 66 valence electrons. The van der Waals surface area contributed by atoms with Crippen molar-refractivity contribution in [2.45, 2.75) is 46.6 Å². The van der Waals surface area contributed by atoms with E-state index in [1.165, 1.54) is 19.4 Å². The van der Waals surface area contributed by atoms with Gasteiger partial charge in [0.15, 0.2) is 0 Å². The van der Waals surface area contributed by atoms with Crippen LogP contribution < -0.4 is 5.32 Å². The maximum Gasteiger partial charge on any atom is 0.00415 e. The van der Waals surface area contributed by atoms with Gasteiger partial charge >= 0.3 is 0 Å². The van der Waals surface area contributed by atoms with Crippen LogP contribution in [-0.4, -0.2) is 12.6 Å². The summed E-state index contributed by atoms with van der Waals surface area (Å²) in [6.07, 6.45) is 2.71. The van der Waals surface area contributed by atoms with Gasteiger partial charge in [0.2, 0.25) is 0 Å². The molecule has 1 rings (SSSR count). The lowest BCUT2D eigenvalue weighted by atomic mass is 9.74. The number of nitrogens with one attached hydrogen (secondary N) is 1. The second kappa shape index (κ2) is 3.14. The van der Waals surface area contributed by atoms with E-state index in [2.05, 4.69) is 33.0 Å². The molecule has 1 N–H and O–H groups in total. The Morgan fingerprint density at radius 2 is 1.91 bits per heavy atom. The first-order valence-electron chi connectivity index (χ1n) is 4.73. The van der Waals surface area contributed by atoms with Crippen molar-refractivity contribution < 1.29 is 0 Å². The van der Waals surface area contributed by atoms with E-state index in [9.17, 15) is 0 Å². The molecule has 1 nitrogen and oxygen atoms in total. The molecular weight excluding hydrogens is 134 g/mol. The molecule has 1 fully saturated rings. The van der Waals surface area contributed by atoms with E-state index in [-0.39, 0.29) is 0 Å². The van der Waals surface area contributed by atoms with Gasteiger partial charge in [-0.1, -0.05) is 20.8 Å². The molecule has 1 heterocycles. The molecule has 0 radical (unpaired) electrons. The topological polar surface area (TPSA) is 12.0 Å². The van der Waals surface area contributed by atoms with E-state index in [1.54, 1.807) is 0 Å². The van der Waals surface area contributed by atoms with Crippen molar-refractivity contribution in [3.63, 3.8) is 0 Å². The minimum absolute atomic E-state index is 0.510. The summed E-state index contributed by atoms with van der Waals surface area (Å²) in [5, 5.41) is 3.48. The molecular formula is C10H21N. The predicted molar refractivity (Wildman–Crippen MR) is 49.6 cm³/mol. The van der Waals surface area contributed by atoms with Gasteiger partial charge in [-0.25, -0.2) is 0 Å². The van der Waals surface area contributed by atoms with Crippen LogP contribution in [0.4, 0.5) is 0 Å². The average Bonchev–Trinajstić information content (AvgIpc) is 1.86. The van der Waals surface area contributed by atoms with E-state index in [0.29, 0.717) is 5.41 Å². The van der Waals surface area contributed by atoms with Crippen LogP contribution in [0.15, 0.2) is 0 Å². The van der Waals surface area contributed by atoms with Crippen LogP contribution >= 0.6 is 0 Å². The third-order valence-electron chi connectivity index (χ3n) is 2.85. The average molecular weight is 155 g/mol. The summed E-state index contributed by atoms with van der Waals surface area (Å²) in [4.78, 5) is 0. The molecule has 0 spiro atoms. The highest BCUT2D eigenvalue weighted by Crippen LogP contribution is 2.33. The molecule has 0 amide bonds. The Balaban J connectivity index is 2.46. The largest absolute Gasteiger partial charge is 0.314 e. The minimum Gasteiger partial charge on any atom is -0.314 e. The number of hydrogen-bond acceptors (Lipinski definition) is 1. The van der Waals surface area contributed by atoms with E-state index in [0.717, 1.165) is 12.0 Å². The van der Waals surface area contributed by atoms with Crippen LogP contribution in [0.2, 0.25) is 0 Å². The SMILES string of the molecule is CC1CC(C(C)(C)C)CCN1. The first-order valence-corrected chi connectivity index (χ1v) is 4.73. The first-order chi connectivity index (χ1) is 5.00. The highest BCUT2D eigenvalue weighted by Gasteiger charge is 2.28. The molecule has 1 aliphatic rings. The second-order valence-electron chi connectivity index (χ2n) is 4.94. The zero-order valence-corrected chi connectivity index (χ0v) is 8.28. The maximum absolute atomic E-state index is 3.48. The quantitative estimate of drug-likeness (QED) is 0.566. The normalized spacial score (nSPS) is 33.8. The standard InChI is InChI=1S/C10H21N/c1-8-7-9(5-6-11-8)10(2,3)4/h8-9,11H,5-7H2,1-4H3. The molecule has 2 atom stereocenters. The van der Waals surface area contributed by atoms with Gasteiger partial charge in [0, 0.05) is 6.04 Å². The van der Waals surface area contributed by atoms with E-state index in [4.69, 9.17) is 0 Å². The van der Waals surface area contributed by atoms with Crippen LogP contribution in [0.1, 0.15) is 40.5 Å². The lowest BCUT2D eigenvalue weighted by molar-refractivity contribution is 0.165. The monoisotopic (exact) mass is 155 g/mol. The molecule has 11 heavy (non-hydrogen) atoms. The van der Waals surface area contributed by atoms with Crippen molar-refractivity contribution in [2.24, 2.45) is 11.3 Å². The van der Waals surface area contributed by atoms with Gasteiger partial charge in [-0.2, -0.15) is 0 Å². The number of rotatable bonds is 0. The highest BCUT2D eigenvalue weighted by molar-refractivity contribution is 4.82. The van der Waals surface area contributed by atoms with Crippen molar-refractivity contribution in [3.8, 4) is 0 Å². The van der Waals surface area contributed by atoms with E-state index < -0.39 is 0 Å². The Labute approximate surface area is 70.6 Å². The van der Waals surface area contributed by atoms with Crippen molar-refractivity contribution in [2.75, 3.05) is 6.54 Å². The molecule has 1 saturated heterocycles. The zero-order valence-electron chi connectivity index (χ0n) is 8.28. The Morgan fingerprint density at radius 3 is 2.27 bits per heavy atom. The highest BCUT2D eigenvalue weighted by atomic mass is 14.9. The van der Waals surface area contributed by atoms with Crippen LogP contribution in [0.3, 0.4) is 0 Å². The second-order valence-corrected chi connectivity index (χ2v) is 4.94. The zero-order chi connectivity index (χ0) is 8.48. The molecule has 0 aromatic heterocycles. The van der Waals surface area contributed by atoms with Crippen molar-refractivity contribution in [1.82, 2.24) is 5.32 Å². The maximum atomic E-state index is 3.48. The smallest absolute Gasteiger partial charge is 0.00415 e. The van der Waals surface area contributed by atoms with Gasteiger partial charge in [0.05, 0.1) is 0 Å². The third kappa shape index (κ3) is 2.48. The Morgan fingerprint density at radius 1 is 1.27 bits per heavy atom. The summed E-state index contributed by atoms with van der Waals surface area (Å²) in [5.74, 6) is 0.916. The minimum atomic E-state index is 0.510. The van der Waals surface area contributed by atoms with Gasteiger partial charge < -0.3 is 5.32 Å². The lowest BCUT2D eigenvalue weighted by Crippen LogP contribution is -2.40.